The van der Waals surface area contributed by atoms with Crippen LogP contribution in [0, 0.1) is 0 Å². The lowest BCUT2D eigenvalue weighted by Crippen LogP contribution is -2.05. The molecule has 0 fully saturated rings. The van der Waals surface area contributed by atoms with Crippen molar-refractivity contribution < 1.29 is 0 Å². The highest BCUT2D eigenvalue weighted by Crippen LogP contribution is 2.39. The zero-order valence-electron chi connectivity index (χ0n) is 21.0. The van der Waals surface area contributed by atoms with Crippen molar-refractivity contribution in [2.24, 2.45) is 0 Å². The molecule has 2 aromatic heterocycles. The van der Waals surface area contributed by atoms with Gasteiger partial charge in [-0.25, -0.2) is 0 Å². The third-order valence-electron chi connectivity index (χ3n) is 8.04. The first-order valence-electron chi connectivity index (χ1n) is 13.3. The topological polar surface area (TPSA) is 9.86 Å². The summed E-state index contributed by atoms with van der Waals surface area (Å²) >= 11 is 0. The van der Waals surface area contributed by atoms with Crippen LogP contribution in [0.5, 0.6) is 0 Å². The Morgan fingerprint density at radius 1 is 0.447 bits per heavy atom. The van der Waals surface area contributed by atoms with E-state index < -0.39 is 0 Å². The average molecular weight is 487 g/mol. The van der Waals surface area contributed by atoms with E-state index in [1.165, 1.54) is 66.5 Å². The number of fused-ring (bicyclic) bond motifs is 6. The van der Waals surface area contributed by atoms with Crippen LogP contribution in [0.25, 0.3) is 55.7 Å². The van der Waals surface area contributed by atoms with Crippen molar-refractivity contribution in [2.45, 2.75) is 12.8 Å². The molecule has 2 heteroatoms. The fourth-order valence-electron chi connectivity index (χ4n) is 6.37. The Morgan fingerprint density at radius 2 is 1.03 bits per heavy atom. The molecule has 8 rings (SSSR count). The summed E-state index contributed by atoms with van der Waals surface area (Å²) in [6, 6.07) is 46.1. The Bertz CT molecular complexity index is 1960. The molecule has 5 aromatic carbocycles. The first kappa shape index (κ1) is 21.3. The molecule has 1 aliphatic rings. The van der Waals surface area contributed by atoms with Crippen LogP contribution >= 0.6 is 0 Å². The van der Waals surface area contributed by atoms with Gasteiger partial charge in [0.1, 0.15) is 0 Å². The van der Waals surface area contributed by atoms with Gasteiger partial charge in [-0.2, -0.15) is 0 Å². The van der Waals surface area contributed by atoms with Gasteiger partial charge in [0.15, 0.2) is 0 Å². The van der Waals surface area contributed by atoms with Crippen molar-refractivity contribution >= 4 is 44.4 Å². The molecule has 180 valence electrons. The Labute approximate surface area is 221 Å². The molecule has 0 amide bonds. The minimum absolute atomic E-state index is 1.02. The lowest BCUT2D eigenvalue weighted by Gasteiger charge is -2.18. The minimum Gasteiger partial charge on any atom is -0.313 e. The summed E-state index contributed by atoms with van der Waals surface area (Å²) in [6.45, 7) is 0. The van der Waals surface area contributed by atoms with E-state index in [9.17, 15) is 0 Å². The number of para-hydroxylation sites is 4. The van der Waals surface area contributed by atoms with Crippen LogP contribution in [0.3, 0.4) is 0 Å². The van der Waals surface area contributed by atoms with Crippen LogP contribution < -0.4 is 0 Å². The molecule has 0 atom stereocenters. The van der Waals surface area contributed by atoms with Crippen LogP contribution in [0.4, 0.5) is 0 Å². The molecule has 0 unspecified atom stereocenters. The Hall–Kier alpha value is -4.82. The van der Waals surface area contributed by atoms with Crippen molar-refractivity contribution in [3.63, 3.8) is 0 Å². The van der Waals surface area contributed by atoms with Gasteiger partial charge in [0.25, 0.3) is 0 Å². The second kappa shape index (κ2) is 8.36. The molecular formula is C36H26N2. The first-order chi connectivity index (χ1) is 18.9. The highest BCUT2D eigenvalue weighted by atomic mass is 15.0. The monoisotopic (exact) mass is 486 g/mol. The smallest absolute Gasteiger partial charge is 0.0541 e. The highest BCUT2D eigenvalue weighted by molar-refractivity contribution is 6.09. The molecule has 38 heavy (non-hydrogen) atoms. The number of hydrogen-bond acceptors (Lipinski definition) is 0. The largest absolute Gasteiger partial charge is 0.313 e. The summed E-state index contributed by atoms with van der Waals surface area (Å²) in [6.07, 6.45) is 4.47. The molecule has 7 aromatic rings. The van der Waals surface area contributed by atoms with Gasteiger partial charge in [0.2, 0.25) is 0 Å². The van der Waals surface area contributed by atoms with E-state index in [1.54, 1.807) is 0 Å². The van der Waals surface area contributed by atoms with Gasteiger partial charge >= 0.3 is 0 Å². The van der Waals surface area contributed by atoms with E-state index >= 15 is 0 Å². The molecule has 0 spiro atoms. The van der Waals surface area contributed by atoms with Crippen LogP contribution in [-0.4, -0.2) is 9.13 Å². The number of aromatic nitrogens is 2. The second-order valence-electron chi connectivity index (χ2n) is 10.1. The Morgan fingerprint density at radius 3 is 1.74 bits per heavy atom. The zero-order chi connectivity index (χ0) is 25.1. The van der Waals surface area contributed by atoms with Crippen molar-refractivity contribution in [1.82, 2.24) is 9.13 Å². The summed E-state index contributed by atoms with van der Waals surface area (Å²) in [5.41, 5.74) is 11.7. The van der Waals surface area contributed by atoms with Crippen LogP contribution in [0.2, 0.25) is 0 Å². The van der Waals surface area contributed by atoms with Crippen molar-refractivity contribution in [3.8, 4) is 11.4 Å². The van der Waals surface area contributed by atoms with E-state index in [4.69, 9.17) is 0 Å². The number of nitrogens with zero attached hydrogens (tertiary/aromatic N) is 2. The SMILES string of the molecule is C1=C(c2cccc(-n3c4ccccc4c4ccccc43)c2)CCc2c1c1ccccc1n2-c1ccccc1. The highest BCUT2D eigenvalue weighted by Gasteiger charge is 2.22. The Balaban J connectivity index is 1.30. The van der Waals surface area contributed by atoms with Gasteiger partial charge in [0, 0.05) is 38.8 Å². The molecule has 1 aliphatic carbocycles. The maximum Gasteiger partial charge on any atom is 0.0541 e. The summed E-state index contributed by atoms with van der Waals surface area (Å²) < 4.78 is 4.86. The van der Waals surface area contributed by atoms with Crippen LogP contribution in [-0.2, 0) is 6.42 Å². The van der Waals surface area contributed by atoms with E-state index in [1.807, 2.05) is 0 Å². The van der Waals surface area contributed by atoms with Gasteiger partial charge in [0.05, 0.1) is 16.6 Å². The average Bonchev–Trinajstić information content (AvgIpc) is 3.50. The predicted molar refractivity (Wildman–Crippen MR) is 160 cm³/mol. The molecule has 0 saturated carbocycles. The maximum atomic E-state index is 2.45. The van der Waals surface area contributed by atoms with E-state index in [0.717, 1.165) is 12.8 Å². The second-order valence-corrected chi connectivity index (χ2v) is 10.1. The van der Waals surface area contributed by atoms with Crippen molar-refractivity contribution in [1.29, 1.82) is 0 Å². The van der Waals surface area contributed by atoms with E-state index in [0.29, 0.717) is 0 Å². The fraction of sp³-hybridized carbons (Fsp3) is 0.0556. The predicted octanol–water partition coefficient (Wildman–Crippen LogP) is 9.21. The first-order valence-corrected chi connectivity index (χ1v) is 13.3. The van der Waals surface area contributed by atoms with E-state index in [2.05, 4.69) is 143 Å². The van der Waals surface area contributed by atoms with E-state index in [-0.39, 0.29) is 0 Å². The van der Waals surface area contributed by atoms with Gasteiger partial charge in [-0.3, -0.25) is 0 Å². The molecule has 0 radical (unpaired) electrons. The molecule has 0 saturated heterocycles. The fourth-order valence-corrected chi connectivity index (χ4v) is 6.37. The summed E-state index contributed by atoms with van der Waals surface area (Å²) in [5, 5.41) is 3.91. The third kappa shape index (κ3) is 3.13. The van der Waals surface area contributed by atoms with Crippen LogP contribution in [0.1, 0.15) is 23.2 Å². The normalized spacial score (nSPS) is 13.2. The minimum atomic E-state index is 1.02. The molecule has 2 heterocycles. The van der Waals surface area contributed by atoms with Gasteiger partial charge < -0.3 is 9.13 Å². The van der Waals surface area contributed by atoms with Gasteiger partial charge in [-0.15, -0.1) is 0 Å². The zero-order valence-corrected chi connectivity index (χ0v) is 21.0. The molecule has 0 aliphatic heterocycles. The number of rotatable bonds is 3. The quantitative estimate of drug-likeness (QED) is 0.236. The number of benzene rings is 5. The number of hydrogen-bond donors (Lipinski definition) is 0. The van der Waals surface area contributed by atoms with Crippen LogP contribution in [0.15, 0.2) is 127 Å². The molecule has 2 nitrogen and oxygen atoms in total. The molecule has 0 N–H and O–H groups in total. The lowest BCUT2D eigenvalue weighted by atomic mass is 9.91. The molecular weight excluding hydrogens is 460 g/mol. The maximum absolute atomic E-state index is 2.45. The van der Waals surface area contributed by atoms with Crippen molar-refractivity contribution in [3.05, 3.63) is 144 Å². The number of allylic oxidation sites excluding steroid dienone is 1. The lowest BCUT2D eigenvalue weighted by molar-refractivity contribution is 0.898. The third-order valence-corrected chi connectivity index (χ3v) is 8.04. The standard InChI is InChI=1S/C36H26N2/c1-2-12-27(13-3-1)37-35-20-9-6-17-31(35)32-24-26(21-22-36(32)37)25-11-10-14-28(23-25)38-33-18-7-4-15-29(33)30-16-5-8-19-34(30)38/h1-20,23-24H,21-22H2. The summed E-state index contributed by atoms with van der Waals surface area (Å²) in [4.78, 5) is 0. The van der Waals surface area contributed by atoms with Crippen molar-refractivity contribution in [2.75, 3.05) is 0 Å². The van der Waals surface area contributed by atoms with Gasteiger partial charge in [-0.1, -0.05) is 84.9 Å². The Kier molecular flexibility index (Phi) is 4.68. The summed E-state index contributed by atoms with van der Waals surface area (Å²) in [5.74, 6) is 0. The molecule has 0 bridgehead atoms. The van der Waals surface area contributed by atoms with Gasteiger partial charge in [-0.05, 0) is 72.5 Å². The summed E-state index contributed by atoms with van der Waals surface area (Å²) in [7, 11) is 0.